The maximum Gasteiger partial charge on any atom is 0.262 e. The van der Waals surface area contributed by atoms with Crippen molar-refractivity contribution in [1.82, 2.24) is 0 Å². The highest BCUT2D eigenvalue weighted by Crippen LogP contribution is 2.39. The Morgan fingerprint density at radius 3 is 2.46 bits per heavy atom. The Bertz CT molecular complexity index is 953. The second-order valence-corrected chi connectivity index (χ2v) is 6.15. The first kappa shape index (κ1) is 16.1. The minimum absolute atomic E-state index is 0.138. The number of rotatable bonds is 2. The zero-order valence-electron chi connectivity index (χ0n) is 13.7. The largest absolute Gasteiger partial charge is 0.508 e. The van der Waals surface area contributed by atoms with Crippen LogP contribution in [0.1, 0.15) is 16.7 Å². The van der Waals surface area contributed by atoms with Gasteiger partial charge in [0.05, 0.1) is 0 Å². The van der Waals surface area contributed by atoms with Crippen molar-refractivity contribution in [3.8, 4) is 17.2 Å². The highest BCUT2D eigenvalue weighted by Gasteiger charge is 2.33. The second-order valence-electron chi connectivity index (χ2n) is 6.15. The lowest BCUT2D eigenvalue weighted by molar-refractivity contribution is -0.119. The van der Waals surface area contributed by atoms with Crippen molar-refractivity contribution in [1.29, 1.82) is 0 Å². The molecule has 2 aliphatic rings. The zero-order chi connectivity index (χ0) is 18.3. The van der Waals surface area contributed by atoms with Crippen LogP contribution in [0.4, 0.5) is 0 Å². The third kappa shape index (κ3) is 2.75. The summed E-state index contributed by atoms with van der Waals surface area (Å²) < 4.78 is 11.2. The molecule has 2 aromatic rings. The maximum atomic E-state index is 12.7. The Balaban J connectivity index is 1.62. The molecule has 0 spiro atoms. The highest BCUT2D eigenvalue weighted by molar-refractivity contribution is 6.12. The van der Waals surface area contributed by atoms with Crippen LogP contribution in [0.3, 0.4) is 0 Å². The van der Waals surface area contributed by atoms with Crippen LogP contribution < -0.4 is 0 Å². The Kier molecular flexibility index (Phi) is 3.80. The number of hydrogen-bond donors (Lipinski definition) is 3. The topological polar surface area (TPSA) is 96.2 Å². The molecular formula is C20H16O6. The summed E-state index contributed by atoms with van der Waals surface area (Å²) in [6.07, 6.45) is 2.17. The molecule has 132 valence electrons. The third-order valence-corrected chi connectivity index (χ3v) is 4.43. The summed E-state index contributed by atoms with van der Waals surface area (Å²) in [5.74, 6) is -0.213. The van der Waals surface area contributed by atoms with Crippen LogP contribution >= 0.6 is 0 Å². The number of carbonyl (C=O) groups is 1. The number of ketones is 1. The molecule has 2 heterocycles. The SMILES string of the molecule is O=C1C(=CCc2ccc(O)cc2)OCC2=C1OCc1cc(O)c(O)cc12. The summed E-state index contributed by atoms with van der Waals surface area (Å²) in [7, 11) is 0. The molecule has 0 saturated heterocycles. The van der Waals surface area contributed by atoms with E-state index in [9.17, 15) is 20.1 Å². The van der Waals surface area contributed by atoms with E-state index in [1.54, 1.807) is 30.3 Å². The van der Waals surface area contributed by atoms with Crippen molar-refractivity contribution in [2.45, 2.75) is 13.0 Å². The summed E-state index contributed by atoms with van der Waals surface area (Å²) in [5.41, 5.74) is 2.83. The number of fused-ring (bicyclic) bond motifs is 2. The molecule has 0 radical (unpaired) electrons. The van der Waals surface area contributed by atoms with Crippen molar-refractivity contribution >= 4 is 11.4 Å². The van der Waals surface area contributed by atoms with Gasteiger partial charge < -0.3 is 24.8 Å². The van der Waals surface area contributed by atoms with Crippen LogP contribution in [0, 0.1) is 0 Å². The fourth-order valence-corrected chi connectivity index (χ4v) is 3.05. The number of phenols is 3. The highest BCUT2D eigenvalue weighted by atomic mass is 16.5. The van der Waals surface area contributed by atoms with Gasteiger partial charge in [-0.15, -0.1) is 0 Å². The predicted molar refractivity (Wildman–Crippen MR) is 92.3 cm³/mol. The average Bonchev–Trinajstić information content (AvgIpc) is 2.63. The Labute approximate surface area is 149 Å². The number of ether oxygens (including phenoxy) is 2. The van der Waals surface area contributed by atoms with Crippen LogP contribution in [0.15, 0.2) is 54.0 Å². The minimum Gasteiger partial charge on any atom is -0.508 e. The van der Waals surface area contributed by atoms with Gasteiger partial charge in [0.15, 0.2) is 23.0 Å². The first-order chi connectivity index (χ1) is 12.5. The summed E-state index contributed by atoms with van der Waals surface area (Å²) in [6, 6.07) is 9.56. The van der Waals surface area contributed by atoms with Crippen molar-refractivity contribution in [2.75, 3.05) is 6.61 Å². The van der Waals surface area contributed by atoms with Crippen LogP contribution in [-0.2, 0) is 27.3 Å². The lowest BCUT2D eigenvalue weighted by atomic mass is 9.93. The molecule has 2 aromatic carbocycles. The molecule has 0 atom stereocenters. The van der Waals surface area contributed by atoms with Crippen molar-refractivity contribution < 1.29 is 29.6 Å². The Morgan fingerprint density at radius 1 is 0.962 bits per heavy atom. The van der Waals surface area contributed by atoms with Gasteiger partial charge in [0.25, 0.3) is 5.78 Å². The molecule has 0 fully saturated rings. The van der Waals surface area contributed by atoms with Gasteiger partial charge in [-0.05, 0) is 47.9 Å². The van der Waals surface area contributed by atoms with E-state index in [-0.39, 0.29) is 47.8 Å². The molecule has 2 aliphatic heterocycles. The fraction of sp³-hybridized carbons (Fsp3) is 0.150. The molecule has 6 nitrogen and oxygen atoms in total. The number of Topliss-reactive ketones (excluding diaryl/α,β-unsaturated/α-hetero) is 1. The second kappa shape index (κ2) is 6.15. The van der Waals surface area contributed by atoms with Gasteiger partial charge in [-0.25, -0.2) is 0 Å². The molecule has 6 heteroatoms. The molecular weight excluding hydrogens is 336 g/mol. The lowest BCUT2D eigenvalue weighted by Crippen LogP contribution is -2.24. The summed E-state index contributed by atoms with van der Waals surface area (Å²) >= 11 is 0. The molecule has 0 bridgehead atoms. The van der Waals surface area contributed by atoms with E-state index in [0.717, 1.165) is 5.56 Å². The summed E-state index contributed by atoms with van der Waals surface area (Å²) in [6.45, 7) is 0.276. The van der Waals surface area contributed by atoms with Crippen molar-refractivity contribution in [3.05, 3.63) is 70.7 Å². The van der Waals surface area contributed by atoms with Crippen LogP contribution in [0.25, 0.3) is 5.57 Å². The number of hydrogen-bond acceptors (Lipinski definition) is 6. The summed E-state index contributed by atoms with van der Waals surface area (Å²) in [4.78, 5) is 12.7. The Morgan fingerprint density at radius 2 is 1.69 bits per heavy atom. The number of aromatic hydroxyl groups is 3. The van der Waals surface area contributed by atoms with Crippen LogP contribution in [-0.4, -0.2) is 27.7 Å². The number of benzene rings is 2. The van der Waals surface area contributed by atoms with Gasteiger partial charge in [0.2, 0.25) is 0 Å². The smallest absolute Gasteiger partial charge is 0.262 e. The molecule has 0 aromatic heterocycles. The first-order valence-electron chi connectivity index (χ1n) is 8.09. The average molecular weight is 352 g/mol. The van der Waals surface area contributed by atoms with E-state index in [4.69, 9.17) is 9.47 Å². The van der Waals surface area contributed by atoms with Gasteiger partial charge in [-0.1, -0.05) is 12.1 Å². The molecule has 4 rings (SSSR count). The molecule has 0 saturated carbocycles. The van der Waals surface area contributed by atoms with Crippen LogP contribution in [0.5, 0.6) is 17.2 Å². The molecule has 26 heavy (non-hydrogen) atoms. The van der Waals surface area contributed by atoms with E-state index in [2.05, 4.69) is 0 Å². The zero-order valence-corrected chi connectivity index (χ0v) is 13.7. The van der Waals surface area contributed by atoms with E-state index in [1.165, 1.54) is 12.1 Å². The van der Waals surface area contributed by atoms with Gasteiger partial charge in [0, 0.05) is 11.1 Å². The molecule has 3 N–H and O–H groups in total. The first-order valence-corrected chi connectivity index (χ1v) is 8.09. The number of carbonyl (C=O) groups excluding carboxylic acids is 1. The quantitative estimate of drug-likeness (QED) is 0.568. The van der Waals surface area contributed by atoms with Gasteiger partial charge in [-0.3, -0.25) is 4.79 Å². The van der Waals surface area contributed by atoms with Crippen molar-refractivity contribution in [3.63, 3.8) is 0 Å². The van der Waals surface area contributed by atoms with E-state index in [1.807, 2.05) is 0 Å². The molecule has 0 amide bonds. The summed E-state index contributed by atoms with van der Waals surface area (Å²) in [5, 5.41) is 28.7. The fourth-order valence-electron chi connectivity index (χ4n) is 3.05. The standard InChI is InChI=1S/C20H16O6/c21-13-4-1-11(2-5-13)3-6-18-19(24)20-15(10-25-18)14-8-17(23)16(22)7-12(14)9-26-20/h1-2,4-8,21-23H,3,9-10H2. The van der Waals surface area contributed by atoms with Crippen molar-refractivity contribution in [2.24, 2.45) is 0 Å². The Hall–Kier alpha value is -3.41. The number of allylic oxidation sites excluding steroid dienone is 1. The van der Waals surface area contributed by atoms with E-state index >= 15 is 0 Å². The normalized spacial score (nSPS) is 17.4. The lowest BCUT2D eigenvalue weighted by Gasteiger charge is -2.28. The molecule has 0 unspecified atom stereocenters. The van der Waals surface area contributed by atoms with E-state index in [0.29, 0.717) is 23.1 Å². The number of phenolic OH excluding ortho intramolecular Hbond substituents is 3. The van der Waals surface area contributed by atoms with Gasteiger partial charge in [-0.2, -0.15) is 0 Å². The van der Waals surface area contributed by atoms with E-state index < -0.39 is 0 Å². The molecule has 0 aliphatic carbocycles. The maximum absolute atomic E-state index is 12.7. The van der Waals surface area contributed by atoms with Crippen LogP contribution in [0.2, 0.25) is 0 Å². The van der Waals surface area contributed by atoms with Gasteiger partial charge >= 0.3 is 0 Å². The van der Waals surface area contributed by atoms with Gasteiger partial charge in [0.1, 0.15) is 19.0 Å². The minimum atomic E-state index is -0.344. The third-order valence-electron chi connectivity index (χ3n) is 4.43. The predicted octanol–water partition coefficient (Wildman–Crippen LogP) is 2.77. The monoisotopic (exact) mass is 352 g/mol.